The molecule has 8 saturated carbocycles. The van der Waals surface area contributed by atoms with Crippen molar-refractivity contribution in [3.63, 3.8) is 0 Å². The number of para-hydroxylation sites is 2. The summed E-state index contributed by atoms with van der Waals surface area (Å²) in [5.74, 6) is 8.25. The average molecular weight is 945 g/mol. The number of nitrogens with zero attached hydrogens (tertiary/aromatic N) is 2. The second kappa shape index (κ2) is 14.4. The molecule has 1 aromatic heterocycles. The van der Waals surface area contributed by atoms with E-state index < -0.39 is 0 Å². The minimum absolute atomic E-state index is 0.101. The van der Waals surface area contributed by atoms with Crippen LogP contribution in [0.1, 0.15) is 88.2 Å². The van der Waals surface area contributed by atoms with E-state index in [0.717, 1.165) is 69.8 Å². The Morgan fingerprint density at radius 3 is 1.56 bits per heavy atom. The summed E-state index contributed by atoms with van der Waals surface area (Å²) in [7, 11) is 0. The number of benzene rings is 8. The molecule has 0 spiro atoms. The van der Waals surface area contributed by atoms with Gasteiger partial charge in [-0.15, -0.1) is 0 Å². The van der Waals surface area contributed by atoms with Crippen LogP contribution in [0, 0.1) is 35.5 Å². The molecule has 0 amide bonds. The Labute approximate surface area is 428 Å². The Morgan fingerprint density at radius 2 is 0.945 bits per heavy atom. The molecule has 8 aromatic carbocycles. The van der Waals surface area contributed by atoms with E-state index in [4.69, 9.17) is 9.47 Å². The fraction of sp³-hybridized carbons (Fsp3) is 0.294. The lowest BCUT2D eigenvalue weighted by Crippen LogP contribution is -2.61. The molecule has 0 saturated heterocycles. The molecule has 20 rings (SSSR count). The summed E-state index contributed by atoms with van der Waals surface area (Å²) in [6.45, 7) is -0.101. The van der Waals surface area contributed by atoms with Crippen molar-refractivity contribution in [3.05, 3.63) is 175 Å². The van der Waals surface area contributed by atoms with E-state index in [1.807, 2.05) is 24.3 Å². The first-order chi connectivity index (χ1) is 36.0. The highest BCUT2D eigenvalue weighted by Crippen LogP contribution is 2.63. The molecule has 8 aliphatic carbocycles. The lowest BCUT2D eigenvalue weighted by atomic mass is 9.42. The molecule has 73 heavy (non-hydrogen) atoms. The molecule has 0 atom stereocenters. The van der Waals surface area contributed by atoms with Gasteiger partial charge in [0.2, 0.25) is 0 Å². The number of hydrogen-bond donors (Lipinski definition) is 0. The maximum atomic E-state index is 6.85. The summed E-state index contributed by atoms with van der Waals surface area (Å²) in [6, 6.07) is 62.6. The molecular formula is C68H57BN2O2. The van der Waals surface area contributed by atoms with E-state index in [1.165, 1.54) is 149 Å². The average Bonchev–Trinajstić information content (AvgIpc) is 3.76. The van der Waals surface area contributed by atoms with Crippen LogP contribution in [0.25, 0.3) is 60.9 Å². The molecule has 0 radical (unpaired) electrons. The third-order valence-electron chi connectivity index (χ3n) is 20.7. The zero-order chi connectivity index (χ0) is 47.3. The number of ether oxygens (including phenoxy) is 2. The minimum Gasteiger partial charge on any atom is -0.449 e. The van der Waals surface area contributed by atoms with Crippen molar-refractivity contribution in [1.82, 2.24) is 4.57 Å². The van der Waals surface area contributed by atoms with Crippen LogP contribution in [0.5, 0.6) is 23.0 Å². The Bertz CT molecular complexity index is 3760. The molecular weight excluding hydrogens is 888 g/mol. The van der Waals surface area contributed by atoms with Crippen molar-refractivity contribution < 1.29 is 9.47 Å². The van der Waals surface area contributed by atoms with E-state index in [9.17, 15) is 0 Å². The maximum absolute atomic E-state index is 6.85. The summed E-state index contributed by atoms with van der Waals surface area (Å²) < 4.78 is 16.4. The van der Waals surface area contributed by atoms with Crippen molar-refractivity contribution in [2.45, 2.75) is 87.9 Å². The van der Waals surface area contributed by atoms with Gasteiger partial charge in [-0.05, 0) is 234 Å². The highest BCUT2D eigenvalue weighted by atomic mass is 16.6. The third-order valence-corrected chi connectivity index (χ3v) is 20.7. The molecule has 354 valence electrons. The van der Waals surface area contributed by atoms with E-state index in [-0.39, 0.29) is 12.3 Å². The van der Waals surface area contributed by atoms with Crippen LogP contribution in [0.2, 0.25) is 0 Å². The van der Waals surface area contributed by atoms with Gasteiger partial charge in [-0.2, -0.15) is 0 Å². The lowest BCUT2D eigenvalue weighted by molar-refractivity contribution is -0.00526. The van der Waals surface area contributed by atoms with Crippen LogP contribution in [0.15, 0.2) is 164 Å². The standard InChI is InChI=1S/C68H57BN2O2/c1-3-9-46(10-4-1)48-15-18-52(19-16-48)71-59-33-64-63(72-61-13-7-8-14-62(61)73-64)32-54(59)55-27-49(47-11-5-2-6-12-47)28-60-65(55)69(71)57-31-51(68-37-43-24-44(38-68)26-45(25-43)39-68)30-56-53-29-50(17-20-58(53)70(60)66(56)57)67-34-40-21-41(35-67)23-42(22-40)36-67/h1-20,27-33,40-45H,21-26,34-39H2. The summed E-state index contributed by atoms with van der Waals surface area (Å²) in [5, 5.41) is 2.92. The smallest absolute Gasteiger partial charge is 0.333 e. The number of aromatic nitrogens is 1. The Kier molecular flexibility index (Phi) is 7.99. The van der Waals surface area contributed by atoms with Crippen molar-refractivity contribution in [2.24, 2.45) is 35.5 Å². The van der Waals surface area contributed by atoms with Crippen molar-refractivity contribution in [2.75, 3.05) is 4.81 Å². The number of fused-ring (bicyclic) bond motifs is 9. The predicted molar refractivity (Wildman–Crippen MR) is 297 cm³/mol. The molecule has 3 aliphatic heterocycles. The van der Waals surface area contributed by atoms with Gasteiger partial charge in [0.15, 0.2) is 23.0 Å². The first-order valence-corrected chi connectivity index (χ1v) is 27.9. The van der Waals surface area contributed by atoms with Gasteiger partial charge in [0.1, 0.15) is 0 Å². The molecule has 8 bridgehead atoms. The second-order valence-corrected chi connectivity index (χ2v) is 24.9. The van der Waals surface area contributed by atoms with Gasteiger partial charge in [-0.25, -0.2) is 0 Å². The summed E-state index contributed by atoms with van der Waals surface area (Å²) in [4.78, 5) is 2.70. The topological polar surface area (TPSA) is 26.6 Å². The van der Waals surface area contributed by atoms with Gasteiger partial charge in [0, 0.05) is 39.5 Å². The third kappa shape index (κ3) is 5.69. The van der Waals surface area contributed by atoms with Crippen LogP contribution in [0.3, 0.4) is 0 Å². The van der Waals surface area contributed by atoms with Gasteiger partial charge in [-0.1, -0.05) is 97.1 Å². The van der Waals surface area contributed by atoms with E-state index in [2.05, 4.69) is 149 Å². The lowest BCUT2D eigenvalue weighted by Gasteiger charge is -2.57. The Balaban J connectivity index is 0.944. The zero-order valence-electron chi connectivity index (χ0n) is 41.3. The largest absolute Gasteiger partial charge is 0.449 e. The van der Waals surface area contributed by atoms with Crippen LogP contribution in [-0.2, 0) is 10.8 Å². The molecule has 0 unspecified atom stereocenters. The maximum Gasteiger partial charge on any atom is 0.333 e. The van der Waals surface area contributed by atoms with Crippen molar-refractivity contribution in [3.8, 4) is 62.1 Å². The number of rotatable bonds is 5. The molecule has 4 nitrogen and oxygen atoms in total. The van der Waals surface area contributed by atoms with Crippen LogP contribution < -0.4 is 25.2 Å². The molecule has 11 aliphatic rings. The Hall–Kier alpha value is -6.98. The van der Waals surface area contributed by atoms with Crippen LogP contribution in [-0.4, -0.2) is 11.4 Å². The quantitative estimate of drug-likeness (QED) is 0.161. The van der Waals surface area contributed by atoms with Gasteiger partial charge in [0.25, 0.3) is 0 Å². The van der Waals surface area contributed by atoms with Gasteiger partial charge in [0.05, 0.1) is 11.0 Å². The number of hydrogen-bond acceptors (Lipinski definition) is 3. The normalized spacial score (nSPS) is 27.9. The molecule has 4 heterocycles. The fourth-order valence-electron chi connectivity index (χ4n) is 18.6. The SMILES string of the molecule is c1ccc(-c2ccc(N3B4c5c(cc(-c6ccccc6)cc5-n5c6ccc(C78CC9CC(CC(C9)C7)C8)cc6c6cc(C78CC9CC(CC(C9)C7)C8)cc4c65)-c4cc5c(cc43)Oc3ccccc3O5)cc2)cc1. The van der Waals surface area contributed by atoms with Gasteiger partial charge >= 0.3 is 6.85 Å². The molecule has 9 aromatic rings. The zero-order valence-corrected chi connectivity index (χ0v) is 41.3. The monoisotopic (exact) mass is 944 g/mol. The molecule has 8 fully saturated rings. The first-order valence-electron chi connectivity index (χ1n) is 27.9. The highest BCUT2D eigenvalue weighted by molar-refractivity contribution is 6.93. The van der Waals surface area contributed by atoms with E-state index >= 15 is 0 Å². The first kappa shape index (κ1) is 40.5. The van der Waals surface area contributed by atoms with Crippen molar-refractivity contribution >= 4 is 51.0 Å². The van der Waals surface area contributed by atoms with E-state index in [1.54, 1.807) is 11.1 Å². The van der Waals surface area contributed by atoms with Crippen molar-refractivity contribution in [1.29, 1.82) is 0 Å². The Morgan fingerprint density at radius 1 is 0.411 bits per heavy atom. The van der Waals surface area contributed by atoms with E-state index in [0.29, 0.717) is 5.41 Å². The minimum atomic E-state index is -0.101. The fourth-order valence-corrected chi connectivity index (χ4v) is 18.6. The van der Waals surface area contributed by atoms with Crippen LogP contribution in [0.4, 0.5) is 11.4 Å². The van der Waals surface area contributed by atoms with Crippen LogP contribution >= 0.6 is 0 Å². The predicted octanol–water partition coefficient (Wildman–Crippen LogP) is 16.2. The highest BCUT2D eigenvalue weighted by Gasteiger charge is 2.54. The second-order valence-electron chi connectivity index (χ2n) is 24.9. The summed E-state index contributed by atoms with van der Waals surface area (Å²) in [6.07, 6.45) is 16.9. The molecule has 5 heteroatoms. The summed E-state index contributed by atoms with van der Waals surface area (Å²) >= 11 is 0. The molecule has 0 N–H and O–H groups in total. The van der Waals surface area contributed by atoms with Gasteiger partial charge < -0.3 is 18.9 Å². The number of anilines is 2. The van der Waals surface area contributed by atoms with Gasteiger partial charge in [-0.3, -0.25) is 0 Å². The summed E-state index contributed by atoms with van der Waals surface area (Å²) in [5.41, 5.74) is 20.3.